The van der Waals surface area contributed by atoms with Crippen molar-refractivity contribution >= 4 is 23.5 Å². The summed E-state index contributed by atoms with van der Waals surface area (Å²) in [7, 11) is 0. The first-order valence-corrected chi connectivity index (χ1v) is 7.53. The highest BCUT2D eigenvalue weighted by molar-refractivity contribution is 6.28. The van der Waals surface area contributed by atoms with E-state index in [2.05, 4.69) is 38.6 Å². The van der Waals surface area contributed by atoms with E-state index in [1.165, 1.54) is 12.8 Å². The molecule has 0 spiro atoms. The maximum absolute atomic E-state index is 6.06. The lowest BCUT2D eigenvalue weighted by atomic mass is 10.4. The van der Waals surface area contributed by atoms with Gasteiger partial charge in [0, 0.05) is 26.2 Å². The van der Waals surface area contributed by atoms with Crippen molar-refractivity contribution in [1.29, 1.82) is 0 Å². The standard InChI is InChI=1S/C13H22ClN5/c1-3-7-18(8-4-2)12-15-11(14)16-13(17-12)19-9-5-6-10-19/h3-10H2,1-2H3. The molecule has 1 aliphatic rings. The third kappa shape index (κ3) is 3.69. The predicted molar refractivity (Wildman–Crippen MR) is 79.1 cm³/mol. The maximum Gasteiger partial charge on any atom is 0.231 e. The Morgan fingerprint density at radius 3 is 2.26 bits per heavy atom. The molecular formula is C13H22ClN5. The van der Waals surface area contributed by atoms with Crippen LogP contribution in [0.15, 0.2) is 0 Å². The molecule has 1 aromatic heterocycles. The minimum absolute atomic E-state index is 0.295. The van der Waals surface area contributed by atoms with Crippen LogP contribution in [0.1, 0.15) is 39.5 Å². The smallest absolute Gasteiger partial charge is 0.231 e. The Hall–Kier alpha value is -1.10. The van der Waals surface area contributed by atoms with Crippen LogP contribution in [0.4, 0.5) is 11.9 Å². The molecule has 1 aliphatic heterocycles. The van der Waals surface area contributed by atoms with Crippen molar-refractivity contribution in [2.45, 2.75) is 39.5 Å². The Labute approximate surface area is 120 Å². The summed E-state index contributed by atoms with van der Waals surface area (Å²) in [6, 6.07) is 0. The molecule has 0 atom stereocenters. The van der Waals surface area contributed by atoms with E-state index in [9.17, 15) is 0 Å². The van der Waals surface area contributed by atoms with Crippen molar-refractivity contribution in [3.05, 3.63) is 5.28 Å². The predicted octanol–water partition coefficient (Wildman–Crippen LogP) is 2.75. The van der Waals surface area contributed by atoms with Crippen molar-refractivity contribution in [1.82, 2.24) is 15.0 Å². The lowest BCUT2D eigenvalue weighted by Gasteiger charge is -2.23. The van der Waals surface area contributed by atoms with Crippen LogP contribution in [-0.2, 0) is 0 Å². The van der Waals surface area contributed by atoms with E-state index in [1.807, 2.05) is 0 Å². The number of hydrogen-bond donors (Lipinski definition) is 0. The molecule has 0 bridgehead atoms. The second kappa shape index (κ2) is 6.89. The topological polar surface area (TPSA) is 45.2 Å². The summed E-state index contributed by atoms with van der Waals surface area (Å²) in [5.74, 6) is 1.44. The number of aromatic nitrogens is 3. The van der Waals surface area contributed by atoms with Gasteiger partial charge in [0.2, 0.25) is 17.2 Å². The second-order valence-corrected chi connectivity index (χ2v) is 5.22. The molecule has 0 aliphatic carbocycles. The number of hydrogen-bond acceptors (Lipinski definition) is 5. The molecule has 5 nitrogen and oxygen atoms in total. The van der Waals surface area contributed by atoms with Crippen molar-refractivity contribution in [3.8, 4) is 0 Å². The molecule has 0 N–H and O–H groups in total. The second-order valence-electron chi connectivity index (χ2n) is 4.89. The SMILES string of the molecule is CCCN(CCC)c1nc(Cl)nc(N2CCCC2)n1. The Balaban J connectivity index is 2.23. The van der Waals surface area contributed by atoms with Crippen molar-refractivity contribution in [2.24, 2.45) is 0 Å². The van der Waals surface area contributed by atoms with Gasteiger partial charge >= 0.3 is 0 Å². The summed E-state index contributed by atoms with van der Waals surface area (Å²) >= 11 is 6.06. The number of anilines is 2. The fourth-order valence-corrected chi connectivity index (χ4v) is 2.53. The molecule has 0 unspecified atom stereocenters. The molecule has 6 heteroatoms. The summed E-state index contributed by atoms with van der Waals surface area (Å²) in [5, 5.41) is 0.295. The van der Waals surface area contributed by atoms with Crippen LogP contribution in [0.3, 0.4) is 0 Å². The molecule has 1 saturated heterocycles. The van der Waals surface area contributed by atoms with Gasteiger partial charge in [-0.3, -0.25) is 0 Å². The minimum atomic E-state index is 0.295. The number of halogens is 1. The number of nitrogens with zero attached hydrogens (tertiary/aromatic N) is 5. The molecule has 19 heavy (non-hydrogen) atoms. The van der Waals surface area contributed by atoms with Crippen LogP contribution < -0.4 is 9.80 Å². The molecule has 2 rings (SSSR count). The van der Waals surface area contributed by atoms with E-state index < -0.39 is 0 Å². The van der Waals surface area contributed by atoms with Crippen LogP contribution in [0.25, 0.3) is 0 Å². The monoisotopic (exact) mass is 283 g/mol. The van der Waals surface area contributed by atoms with Gasteiger partial charge < -0.3 is 9.80 Å². The van der Waals surface area contributed by atoms with Gasteiger partial charge in [-0.1, -0.05) is 13.8 Å². The summed E-state index contributed by atoms with van der Waals surface area (Å²) in [5.41, 5.74) is 0. The quantitative estimate of drug-likeness (QED) is 0.803. The number of rotatable bonds is 6. The van der Waals surface area contributed by atoms with Crippen LogP contribution >= 0.6 is 11.6 Å². The largest absolute Gasteiger partial charge is 0.341 e. The Bertz CT molecular complexity index is 400. The molecule has 0 saturated carbocycles. The first kappa shape index (κ1) is 14.3. The van der Waals surface area contributed by atoms with Gasteiger partial charge in [-0.25, -0.2) is 0 Å². The van der Waals surface area contributed by atoms with Gasteiger partial charge in [0.05, 0.1) is 0 Å². The van der Waals surface area contributed by atoms with Crippen molar-refractivity contribution in [2.75, 3.05) is 36.0 Å². The van der Waals surface area contributed by atoms with Crippen molar-refractivity contribution < 1.29 is 0 Å². The summed E-state index contributed by atoms with van der Waals surface area (Å²) in [4.78, 5) is 17.5. The average Bonchev–Trinajstić information content (AvgIpc) is 2.91. The highest BCUT2D eigenvalue weighted by atomic mass is 35.5. The molecule has 0 aromatic carbocycles. The van der Waals surface area contributed by atoms with Gasteiger partial charge in [0.1, 0.15) is 0 Å². The van der Waals surface area contributed by atoms with Gasteiger partial charge in [-0.2, -0.15) is 15.0 Å². The first-order valence-electron chi connectivity index (χ1n) is 7.16. The lowest BCUT2D eigenvalue weighted by molar-refractivity contribution is 0.714. The minimum Gasteiger partial charge on any atom is -0.341 e. The van der Waals surface area contributed by atoms with E-state index in [0.29, 0.717) is 11.2 Å². The molecular weight excluding hydrogens is 262 g/mol. The molecule has 1 aromatic rings. The summed E-state index contributed by atoms with van der Waals surface area (Å²) in [6.07, 6.45) is 4.54. The Kier molecular flexibility index (Phi) is 5.19. The fraction of sp³-hybridized carbons (Fsp3) is 0.769. The Morgan fingerprint density at radius 1 is 1.05 bits per heavy atom. The van der Waals surface area contributed by atoms with Crippen LogP contribution in [0, 0.1) is 0 Å². The van der Waals surface area contributed by atoms with E-state index in [1.54, 1.807) is 0 Å². The third-order valence-electron chi connectivity index (χ3n) is 3.24. The van der Waals surface area contributed by atoms with E-state index in [0.717, 1.165) is 45.0 Å². The van der Waals surface area contributed by atoms with Crippen LogP contribution in [-0.4, -0.2) is 41.1 Å². The van der Waals surface area contributed by atoms with Gasteiger partial charge in [0.25, 0.3) is 0 Å². The normalized spacial score (nSPS) is 15.0. The molecule has 0 radical (unpaired) electrons. The summed E-state index contributed by atoms with van der Waals surface area (Å²) in [6.45, 7) is 8.25. The highest BCUT2D eigenvalue weighted by Gasteiger charge is 2.18. The molecule has 106 valence electrons. The first-order chi connectivity index (χ1) is 9.24. The van der Waals surface area contributed by atoms with E-state index in [-0.39, 0.29) is 0 Å². The average molecular weight is 284 g/mol. The van der Waals surface area contributed by atoms with Crippen LogP contribution in [0.2, 0.25) is 5.28 Å². The summed E-state index contributed by atoms with van der Waals surface area (Å²) < 4.78 is 0. The van der Waals surface area contributed by atoms with Crippen LogP contribution in [0.5, 0.6) is 0 Å². The third-order valence-corrected chi connectivity index (χ3v) is 3.41. The van der Waals surface area contributed by atoms with Gasteiger partial charge in [-0.05, 0) is 37.3 Å². The Morgan fingerprint density at radius 2 is 1.68 bits per heavy atom. The molecule has 0 amide bonds. The van der Waals surface area contributed by atoms with Gasteiger partial charge in [0.15, 0.2) is 0 Å². The lowest BCUT2D eigenvalue weighted by Crippen LogP contribution is -2.29. The zero-order chi connectivity index (χ0) is 13.7. The van der Waals surface area contributed by atoms with Gasteiger partial charge in [-0.15, -0.1) is 0 Å². The van der Waals surface area contributed by atoms with E-state index >= 15 is 0 Å². The maximum atomic E-state index is 6.06. The molecule has 1 fully saturated rings. The van der Waals surface area contributed by atoms with Crippen molar-refractivity contribution in [3.63, 3.8) is 0 Å². The fourth-order valence-electron chi connectivity index (χ4n) is 2.38. The molecule has 2 heterocycles. The zero-order valence-electron chi connectivity index (χ0n) is 11.8. The highest BCUT2D eigenvalue weighted by Crippen LogP contribution is 2.20. The zero-order valence-corrected chi connectivity index (χ0v) is 12.5. The van der Waals surface area contributed by atoms with E-state index in [4.69, 9.17) is 11.6 Å².